The van der Waals surface area contributed by atoms with Gasteiger partial charge in [-0.25, -0.2) is 8.42 Å². The van der Waals surface area contributed by atoms with Crippen molar-refractivity contribution in [3.8, 4) is 0 Å². The summed E-state index contributed by atoms with van der Waals surface area (Å²) in [6.07, 6.45) is 2.15. The third kappa shape index (κ3) is 3.79. The number of amides is 1. The van der Waals surface area contributed by atoms with Gasteiger partial charge >= 0.3 is 0 Å². The normalized spacial score (nSPS) is 17.8. The molecule has 0 bridgehead atoms. The van der Waals surface area contributed by atoms with E-state index in [1.165, 1.54) is 16.4 Å². The number of hydrogen-bond donors (Lipinski definition) is 2. The van der Waals surface area contributed by atoms with Crippen LogP contribution in [-0.4, -0.2) is 43.8 Å². The topological polar surface area (TPSA) is 92.5 Å². The summed E-state index contributed by atoms with van der Waals surface area (Å²) >= 11 is 0. The zero-order valence-corrected chi connectivity index (χ0v) is 15.6. The van der Waals surface area contributed by atoms with E-state index < -0.39 is 15.6 Å². The second-order valence-corrected chi connectivity index (χ2v) is 8.99. The van der Waals surface area contributed by atoms with Crippen LogP contribution < -0.4 is 11.1 Å². The first kappa shape index (κ1) is 18.9. The molecule has 1 aromatic rings. The maximum atomic E-state index is 12.4. The summed E-state index contributed by atoms with van der Waals surface area (Å²) in [5.74, 6) is 0.196. The number of rotatable bonds is 7. The van der Waals surface area contributed by atoms with E-state index in [2.05, 4.69) is 5.32 Å². The van der Waals surface area contributed by atoms with Gasteiger partial charge in [-0.05, 0) is 63.8 Å². The lowest BCUT2D eigenvalue weighted by Crippen LogP contribution is -2.53. The number of benzene rings is 1. The van der Waals surface area contributed by atoms with Crippen LogP contribution in [0, 0.1) is 5.92 Å². The van der Waals surface area contributed by atoms with Crippen LogP contribution in [0.5, 0.6) is 0 Å². The van der Waals surface area contributed by atoms with Crippen molar-refractivity contribution in [3.63, 3.8) is 0 Å². The second kappa shape index (κ2) is 6.82. The molecule has 0 heterocycles. The SMILES string of the molecule is CC(C)N(C)S(=O)(=O)c1ccc(C(=O)NC(C)(CN)C2CC2)cc1. The lowest BCUT2D eigenvalue weighted by Gasteiger charge is -2.29. The average molecular weight is 353 g/mol. The Kier molecular flexibility index (Phi) is 5.37. The van der Waals surface area contributed by atoms with E-state index in [0.717, 1.165) is 12.8 Å². The van der Waals surface area contributed by atoms with Crippen LogP contribution in [0.4, 0.5) is 0 Å². The van der Waals surface area contributed by atoms with E-state index in [1.807, 2.05) is 20.8 Å². The largest absolute Gasteiger partial charge is 0.345 e. The predicted octanol–water partition coefficient (Wildman–Crippen LogP) is 1.57. The Hall–Kier alpha value is -1.44. The molecule has 0 aliphatic heterocycles. The van der Waals surface area contributed by atoms with Gasteiger partial charge in [0.05, 0.1) is 10.4 Å². The van der Waals surface area contributed by atoms with Gasteiger partial charge in [-0.1, -0.05) is 0 Å². The minimum atomic E-state index is -3.54. The van der Waals surface area contributed by atoms with Crippen LogP contribution in [0.15, 0.2) is 29.2 Å². The summed E-state index contributed by atoms with van der Waals surface area (Å²) in [6.45, 7) is 5.96. The van der Waals surface area contributed by atoms with Crippen molar-refractivity contribution >= 4 is 15.9 Å². The van der Waals surface area contributed by atoms with Crippen LogP contribution in [0.1, 0.15) is 44.0 Å². The number of nitrogens with zero attached hydrogens (tertiary/aromatic N) is 1. The third-order valence-corrected chi connectivity index (χ3v) is 6.87. The molecule has 0 spiro atoms. The van der Waals surface area contributed by atoms with Crippen LogP contribution in [0.2, 0.25) is 0 Å². The number of hydrogen-bond acceptors (Lipinski definition) is 4. The molecule has 1 aromatic carbocycles. The highest BCUT2D eigenvalue weighted by Gasteiger charge is 2.41. The number of sulfonamides is 1. The molecule has 1 unspecified atom stereocenters. The van der Waals surface area contributed by atoms with Crippen molar-refractivity contribution in [2.45, 2.75) is 50.1 Å². The second-order valence-electron chi connectivity index (χ2n) is 6.99. The minimum absolute atomic E-state index is 0.137. The molecule has 6 nitrogen and oxygen atoms in total. The molecule has 7 heteroatoms. The van der Waals surface area contributed by atoms with Gasteiger partial charge in [-0.2, -0.15) is 4.31 Å². The van der Waals surface area contributed by atoms with Crippen molar-refractivity contribution < 1.29 is 13.2 Å². The molecule has 0 radical (unpaired) electrons. The Bertz CT molecular complexity index is 696. The minimum Gasteiger partial charge on any atom is -0.345 e. The van der Waals surface area contributed by atoms with E-state index in [0.29, 0.717) is 18.0 Å². The molecule has 1 aliphatic rings. The van der Waals surface area contributed by atoms with E-state index in [1.54, 1.807) is 19.2 Å². The van der Waals surface area contributed by atoms with Crippen LogP contribution in [-0.2, 0) is 10.0 Å². The van der Waals surface area contributed by atoms with Gasteiger partial charge in [-0.3, -0.25) is 4.79 Å². The van der Waals surface area contributed by atoms with Gasteiger partial charge < -0.3 is 11.1 Å². The molecule has 1 saturated carbocycles. The van der Waals surface area contributed by atoms with Gasteiger partial charge in [0.2, 0.25) is 10.0 Å². The maximum Gasteiger partial charge on any atom is 0.251 e. The van der Waals surface area contributed by atoms with E-state index >= 15 is 0 Å². The molecule has 1 aliphatic carbocycles. The molecular formula is C17H27N3O3S. The van der Waals surface area contributed by atoms with Gasteiger partial charge in [0.15, 0.2) is 0 Å². The highest BCUT2D eigenvalue weighted by Crippen LogP contribution is 2.39. The zero-order chi connectivity index (χ0) is 18.1. The first-order valence-electron chi connectivity index (χ1n) is 8.22. The molecule has 1 fully saturated rings. The Balaban J connectivity index is 2.16. The highest BCUT2D eigenvalue weighted by atomic mass is 32.2. The summed E-state index contributed by atoms with van der Waals surface area (Å²) in [7, 11) is -2.00. The van der Waals surface area contributed by atoms with E-state index in [-0.39, 0.29) is 16.8 Å². The molecular weight excluding hydrogens is 326 g/mol. The molecule has 134 valence electrons. The molecule has 2 rings (SSSR count). The molecule has 1 amide bonds. The maximum absolute atomic E-state index is 12.4. The number of carbonyl (C=O) groups excluding carboxylic acids is 1. The summed E-state index contributed by atoms with van der Waals surface area (Å²) in [5.41, 5.74) is 5.85. The summed E-state index contributed by atoms with van der Waals surface area (Å²) < 4.78 is 26.2. The van der Waals surface area contributed by atoms with Crippen molar-refractivity contribution in [2.24, 2.45) is 11.7 Å². The van der Waals surface area contributed by atoms with Crippen molar-refractivity contribution in [2.75, 3.05) is 13.6 Å². The summed E-state index contributed by atoms with van der Waals surface area (Å²) in [5, 5.41) is 3.00. The zero-order valence-electron chi connectivity index (χ0n) is 14.7. The third-order valence-electron chi connectivity index (χ3n) is 4.82. The number of nitrogens with one attached hydrogen (secondary N) is 1. The van der Waals surface area contributed by atoms with E-state index in [4.69, 9.17) is 5.73 Å². The Morgan fingerprint density at radius 1 is 1.33 bits per heavy atom. The number of carbonyl (C=O) groups is 1. The van der Waals surface area contributed by atoms with Crippen molar-refractivity contribution in [1.29, 1.82) is 0 Å². The smallest absolute Gasteiger partial charge is 0.251 e. The predicted molar refractivity (Wildman–Crippen MR) is 94.2 cm³/mol. The van der Waals surface area contributed by atoms with E-state index in [9.17, 15) is 13.2 Å². The van der Waals surface area contributed by atoms with Crippen molar-refractivity contribution in [1.82, 2.24) is 9.62 Å². The molecule has 0 saturated heterocycles. The molecule has 3 N–H and O–H groups in total. The summed E-state index contributed by atoms with van der Waals surface area (Å²) in [4.78, 5) is 12.6. The fourth-order valence-electron chi connectivity index (χ4n) is 2.59. The van der Waals surface area contributed by atoms with Gasteiger partial charge in [0.25, 0.3) is 5.91 Å². The fraction of sp³-hybridized carbons (Fsp3) is 0.588. The lowest BCUT2D eigenvalue weighted by molar-refractivity contribution is 0.0897. The highest BCUT2D eigenvalue weighted by molar-refractivity contribution is 7.89. The molecule has 24 heavy (non-hydrogen) atoms. The van der Waals surface area contributed by atoms with Gasteiger partial charge in [-0.15, -0.1) is 0 Å². The molecule has 1 atom stereocenters. The molecule has 0 aromatic heterocycles. The quantitative estimate of drug-likeness (QED) is 0.778. The first-order valence-corrected chi connectivity index (χ1v) is 9.66. The monoisotopic (exact) mass is 353 g/mol. The summed E-state index contributed by atoms with van der Waals surface area (Å²) in [6, 6.07) is 5.89. The van der Waals surface area contributed by atoms with Crippen LogP contribution in [0.25, 0.3) is 0 Å². The average Bonchev–Trinajstić information content (AvgIpc) is 3.39. The Labute approximate surface area is 144 Å². The lowest BCUT2D eigenvalue weighted by atomic mass is 9.95. The van der Waals surface area contributed by atoms with Gasteiger partial charge in [0.1, 0.15) is 0 Å². The van der Waals surface area contributed by atoms with Crippen molar-refractivity contribution in [3.05, 3.63) is 29.8 Å². The standard InChI is InChI=1S/C17H27N3O3S/c1-12(2)20(4)24(22,23)15-9-5-13(6-10-15)16(21)19-17(3,11-18)14-7-8-14/h5-6,9-10,12,14H,7-8,11,18H2,1-4H3,(H,19,21). The van der Waals surface area contributed by atoms with Crippen LogP contribution >= 0.6 is 0 Å². The number of nitrogens with two attached hydrogens (primary N) is 1. The van der Waals surface area contributed by atoms with Crippen LogP contribution in [0.3, 0.4) is 0 Å². The Morgan fingerprint density at radius 2 is 1.88 bits per heavy atom. The fourth-order valence-corrected chi connectivity index (χ4v) is 3.96. The first-order chi connectivity index (χ1) is 11.1. The Morgan fingerprint density at radius 3 is 2.29 bits per heavy atom. The van der Waals surface area contributed by atoms with Gasteiger partial charge in [0, 0.05) is 25.2 Å².